The van der Waals surface area contributed by atoms with Crippen molar-refractivity contribution in [2.45, 2.75) is 6.92 Å². The average molecular weight is 320 g/mol. The summed E-state index contributed by atoms with van der Waals surface area (Å²) < 4.78 is 6.95. The number of ether oxygens (including phenoxy) is 1. The number of nitroso groups, excluding NO2 is 1. The summed E-state index contributed by atoms with van der Waals surface area (Å²) in [5, 5.41) is 3.09. The molecule has 0 atom stereocenters. The standard InChI is InChI=1S/C19H16N2O3/c1-2-24-19(22)15-12-13-21(17-11-7-6-10-16(17)20-23)18(15)14-8-4-3-5-9-14/h3-13H,2H2,1H3. The van der Waals surface area contributed by atoms with Crippen molar-refractivity contribution in [3.8, 4) is 16.9 Å². The molecule has 0 spiro atoms. The first-order chi connectivity index (χ1) is 11.8. The Kier molecular flexibility index (Phi) is 4.52. The van der Waals surface area contributed by atoms with Crippen molar-refractivity contribution in [2.24, 2.45) is 5.18 Å². The molecular weight excluding hydrogens is 304 g/mol. The number of aromatic nitrogens is 1. The number of hydrogen-bond acceptors (Lipinski definition) is 4. The van der Waals surface area contributed by atoms with E-state index in [4.69, 9.17) is 4.74 Å². The van der Waals surface area contributed by atoms with Crippen LogP contribution in [0.4, 0.5) is 5.69 Å². The molecule has 0 N–H and O–H groups in total. The van der Waals surface area contributed by atoms with E-state index in [-0.39, 0.29) is 0 Å². The van der Waals surface area contributed by atoms with Gasteiger partial charge in [-0.15, -0.1) is 4.91 Å². The fourth-order valence-corrected chi connectivity index (χ4v) is 2.64. The van der Waals surface area contributed by atoms with E-state index in [2.05, 4.69) is 5.18 Å². The molecule has 0 amide bonds. The Morgan fingerprint density at radius 1 is 1.04 bits per heavy atom. The van der Waals surface area contributed by atoms with Crippen LogP contribution in [0.15, 0.2) is 72.0 Å². The zero-order chi connectivity index (χ0) is 16.9. The van der Waals surface area contributed by atoms with Crippen LogP contribution in [0.3, 0.4) is 0 Å². The summed E-state index contributed by atoms with van der Waals surface area (Å²) in [6, 6.07) is 18.2. The fraction of sp³-hybridized carbons (Fsp3) is 0.105. The highest BCUT2D eigenvalue weighted by atomic mass is 16.5. The second-order valence-corrected chi connectivity index (χ2v) is 5.11. The third-order valence-electron chi connectivity index (χ3n) is 3.67. The highest BCUT2D eigenvalue weighted by Gasteiger charge is 2.20. The van der Waals surface area contributed by atoms with Crippen molar-refractivity contribution in [2.75, 3.05) is 6.61 Å². The molecule has 0 saturated heterocycles. The lowest BCUT2D eigenvalue weighted by atomic mass is 10.1. The van der Waals surface area contributed by atoms with Gasteiger partial charge in [-0.2, -0.15) is 0 Å². The molecule has 24 heavy (non-hydrogen) atoms. The van der Waals surface area contributed by atoms with Gasteiger partial charge in [0.15, 0.2) is 0 Å². The molecule has 0 aliphatic heterocycles. The smallest absolute Gasteiger partial charge is 0.340 e. The minimum Gasteiger partial charge on any atom is -0.462 e. The number of benzene rings is 2. The third kappa shape index (κ3) is 2.84. The van der Waals surface area contributed by atoms with Crippen LogP contribution in [0, 0.1) is 4.91 Å². The zero-order valence-corrected chi connectivity index (χ0v) is 13.2. The topological polar surface area (TPSA) is 60.7 Å². The predicted molar refractivity (Wildman–Crippen MR) is 92.6 cm³/mol. The van der Waals surface area contributed by atoms with Crippen LogP contribution in [0.25, 0.3) is 16.9 Å². The second kappa shape index (κ2) is 6.91. The number of carbonyl (C=O) groups excluding carboxylic acids is 1. The van der Waals surface area contributed by atoms with Gasteiger partial charge in [-0.25, -0.2) is 4.79 Å². The summed E-state index contributed by atoms with van der Waals surface area (Å²) in [7, 11) is 0. The molecule has 1 heterocycles. The van der Waals surface area contributed by atoms with Crippen LogP contribution in [0.2, 0.25) is 0 Å². The van der Waals surface area contributed by atoms with Gasteiger partial charge in [-0.3, -0.25) is 0 Å². The summed E-state index contributed by atoms with van der Waals surface area (Å²) in [5.74, 6) is -0.397. The van der Waals surface area contributed by atoms with Crippen LogP contribution in [0.1, 0.15) is 17.3 Å². The number of esters is 1. The van der Waals surface area contributed by atoms with Gasteiger partial charge in [0.1, 0.15) is 5.69 Å². The van der Waals surface area contributed by atoms with E-state index >= 15 is 0 Å². The van der Waals surface area contributed by atoms with E-state index in [1.807, 2.05) is 36.4 Å². The van der Waals surface area contributed by atoms with E-state index in [9.17, 15) is 9.70 Å². The van der Waals surface area contributed by atoms with E-state index in [1.54, 1.807) is 42.0 Å². The van der Waals surface area contributed by atoms with Crippen molar-refractivity contribution < 1.29 is 9.53 Å². The summed E-state index contributed by atoms with van der Waals surface area (Å²) >= 11 is 0. The highest BCUT2D eigenvalue weighted by molar-refractivity contribution is 5.97. The summed E-state index contributed by atoms with van der Waals surface area (Å²) in [4.78, 5) is 23.5. The van der Waals surface area contributed by atoms with E-state index in [0.29, 0.717) is 29.2 Å². The minimum atomic E-state index is -0.397. The summed E-state index contributed by atoms with van der Waals surface area (Å²) in [6.45, 7) is 2.06. The van der Waals surface area contributed by atoms with Gasteiger partial charge in [-0.05, 0) is 35.9 Å². The second-order valence-electron chi connectivity index (χ2n) is 5.11. The lowest BCUT2D eigenvalue weighted by molar-refractivity contribution is 0.0527. The molecule has 120 valence electrons. The minimum absolute atomic E-state index is 0.296. The van der Waals surface area contributed by atoms with Crippen molar-refractivity contribution >= 4 is 11.7 Å². The van der Waals surface area contributed by atoms with Crippen molar-refractivity contribution in [3.63, 3.8) is 0 Å². The lowest BCUT2D eigenvalue weighted by Crippen LogP contribution is -2.06. The molecule has 2 aromatic carbocycles. The molecule has 0 bridgehead atoms. The maximum Gasteiger partial charge on any atom is 0.340 e. The molecule has 1 aromatic heterocycles. The van der Waals surface area contributed by atoms with E-state index in [0.717, 1.165) is 5.56 Å². The zero-order valence-electron chi connectivity index (χ0n) is 13.2. The molecule has 0 aliphatic carbocycles. The van der Waals surface area contributed by atoms with Crippen molar-refractivity contribution in [1.82, 2.24) is 4.57 Å². The summed E-state index contributed by atoms with van der Waals surface area (Å²) in [6.07, 6.45) is 1.75. The predicted octanol–water partition coefficient (Wildman–Crippen LogP) is 4.72. The van der Waals surface area contributed by atoms with Crippen molar-refractivity contribution in [3.05, 3.63) is 77.3 Å². The fourth-order valence-electron chi connectivity index (χ4n) is 2.64. The monoisotopic (exact) mass is 320 g/mol. The molecule has 0 unspecified atom stereocenters. The van der Waals surface area contributed by atoms with Gasteiger partial charge < -0.3 is 9.30 Å². The Morgan fingerprint density at radius 2 is 1.75 bits per heavy atom. The SMILES string of the molecule is CCOC(=O)c1ccn(-c2ccccc2N=O)c1-c1ccccc1. The Bertz CT molecular complexity index is 869. The van der Waals surface area contributed by atoms with Crippen LogP contribution in [-0.4, -0.2) is 17.1 Å². The van der Waals surface area contributed by atoms with Crippen LogP contribution >= 0.6 is 0 Å². The number of nitrogens with zero attached hydrogens (tertiary/aromatic N) is 2. The molecule has 5 heteroatoms. The Hall–Kier alpha value is -3.21. The maximum absolute atomic E-state index is 12.3. The summed E-state index contributed by atoms with van der Waals surface area (Å²) in [5.41, 5.74) is 2.89. The van der Waals surface area contributed by atoms with Crippen LogP contribution in [0.5, 0.6) is 0 Å². The number of hydrogen-bond donors (Lipinski definition) is 0. The van der Waals surface area contributed by atoms with Gasteiger partial charge in [0.2, 0.25) is 0 Å². The molecule has 5 nitrogen and oxygen atoms in total. The first-order valence-corrected chi connectivity index (χ1v) is 7.63. The van der Waals surface area contributed by atoms with Gasteiger partial charge in [0.05, 0.1) is 23.6 Å². The normalized spacial score (nSPS) is 10.4. The first-order valence-electron chi connectivity index (χ1n) is 7.63. The lowest BCUT2D eigenvalue weighted by Gasteiger charge is -2.12. The van der Waals surface area contributed by atoms with Gasteiger partial charge in [0.25, 0.3) is 0 Å². The van der Waals surface area contributed by atoms with Gasteiger partial charge >= 0.3 is 5.97 Å². The highest BCUT2D eigenvalue weighted by Crippen LogP contribution is 2.32. The number of rotatable bonds is 5. The van der Waals surface area contributed by atoms with E-state index in [1.165, 1.54) is 0 Å². The third-order valence-corrected chi connectivity index (χ3v) is 3.67. The molecule has 3 aromatic rings. The Labute approximate surface area is 139 Å². The molecular formula is C19H16N2O3. The van der Waals surface area contributed by atoms with Crippen LogP contribution in [-0.2, 0) is 4.74 Å². The van der Waals surface area contributed by atoms with E-state index < -0.39 is 5.97 Å². The first kappa shape index (κ1) is 15.7. The molecule has 3 rings (SSSR count). The van der Waals surface area contributed by atoms with Gasteiger partial charge in [-0.1, -0.05) is 42.5 Å². The maximum atomic E-state index is 12.3. The molecule has 0 saturated carbocycles. The quantitative estimate of drug-likeness (QED) is 0.505. The Balaban J connectivity index is 2.24. The molecule has 0 radical (unpaired) electrons. The number of carbonyl (C=O) groups is 1. The van der Waals surface area contributed by atoms with Gasteiger partial charge in [0, 0.05) is 6.20 Å². The van der Waals surface area contributed by atoms with Crippen molar-refractivity contribution in [1.29, 1.82) is 0 Å². The molecule has 0 aliphatic rings. The number of para-hydroxylation sites is 1. The Morgan fingerprint density at radius 3 is 2.46 bits per heavy atom. The molecule has 0 fully saturated rings. The van der Waals surface area contributed by atoms with Crippen LogP contribution < -0.4 is 0 Å². The largest absolute Gasteiger partial charge is 0.462 e. The average Bonchev–Trinajstić information content (AvgIpc) is 3.07.